The summed E-state index contributed by atoms with van der Waals surface area (Å²) < 4.78 is 0. The second kappa shape index (κ2) is 2.46. The van der Waals surface area contributed by atoms with Crippen molar-refractivity contribution in [2.24, 2.45) is 16.0 Å². The van der Waals surface area contributed by atoms with E-state index < -0.39 is 0 Å². The highest BCUT2D eigenvalue weighted by Crippen LogP contribution is 1.97. The van der Waals surface area contributed by atoms with E-state index in [9.17, 15) is 0 Å². The zero-order valence-electron chi connectivity index (χ0n) is 5.55. The summed E-state index contributed by atoms with van der Waals surface area (Å²) in [7, 11) is 0. The van der Waals surface area contributed by atoms with E-state index in [1.165, 1.54) is 0 Å². The molecule has 1 rings (SSSR count). The van der Waals surface area contributed by atoms with E-state index in [0.29, 0.717) is 5.92 Å². The van der Waals surface area contributed by atoms with Crippen LogP contribution in [0.4, 0.5) is 0 Å². The lowest BCUT2D eigenvalue weighted by atomic mass is 10.2. The number of nitrogens with one attached hydrogen (secondary N) is 1. The van der Waals surface area contributed by atoms with Crippen LogP contribution in [0.2, 0.25) is 0 Å². The summed E-state index contributed by atoms with van der Waals surface area (Å²) in [4.78, 5) is 3.91. The van der Waals surface area contributed by atoms with E-state index >= 15 is 0 Å². The summed E-state index contributed by atoms with van der Waals surface area (Å²) in [6, 6.07) is 0. The molecule has 0 unspecified atom stereocenters. The van der Waals surface area contributed by atoms with Crippen molar-refractivity contribution in [2.45, 2.75) is 13.8 Å². The van der Waals surface area contributed by atoms with Crippen LogP contribution in [0.3, 0.4) is 0 Å². The Morgan fingerprint density at radius 2 is 2.44 bits per heavy atom. The number of nitrogens with zero attached hydrogens (tertiary/aromatic N) is 2. The van der Waals surface area contributed by atoms with Crippen molar-refractivity contribution in [3.05, 3.63) is 6.20 Å². The third kappa shape index (κ3) is 1.40. The summed E-state index contributed by atoms with van der Waals surface area (Å²) >= 11 is 0. The maximum Gasteiger partial charge on any atom is 0.160 e. The highest BCUT2D eigenvalue weighted by atomic mass is 15.3. The van der Waals surface area contributed by atoms with Crippen LogP contribution >= 0.6 is 0 Å². The van der Waals surface area contributed by atoms with Gasteiger partial charge in [-0.15, -0.1) is 0 Å². The van der Waals surface area contributed by atoms with Gasteiger partial charge in [0.25, 0.3) is 0 Å². The molecule has 0 radical (unpaired) electrons. The molecule has 0 atom stereocenters. The molecule has 1 aliphatic rings. The first-order valence-corrected chi connectivity index (χ1v) is 2.92. The Bertz CT molecular complexity index is 184. The highest BCUT2D eigenvalue weighted by Gasteiger charge is 2.02. The van der Waals surface area contributed by atoms with Gasteiger partial charge in [0.2, 0.25) is 0 Å². The van der Waals surface area contributed by atoms with Gasteiger partial charge in [-0.1, -0.05) is 13.8 Å². The Kier molecular flexibility index (Phi) is 1.66. The Hall–Kier alpha value is -1.08. The number of hydrogen-bond acceptors (Lipinski definition) is 3. The first-order valence-electron chi connectivity index (χ1n) is 2.92. The van der Waals surface area contributed by atoms with Crippen molar-refractivity contribution >= 4 is 11.7 Å². The van der Waals surface area contributed by atoms with Crippen LogP contribution in [0.15, 0.2) is 16.3 Å². The number of rotatable bonds is 1. The lowest BCUT2D eigenvalue weighted by molar-refractivity contribution is 0.833. The molecule has 9 heavy (non-hydrogen) atoms. The predicted molar refractivity (Wildman–Crippen MR) is 37.4 cm³/mol. The number of aliphatic imine (C=N–C) groups is 1. The van der Waals surface area contributed by atoms with E-state index in [2.05, 4.69) is 21.4 Å². The maximum atomic E-state index is 3.91. The van der Waals surface area contributed by atoms with Gasteiger partial charge < -0.3 is 0 Å². The van der Waals surface area contributed by atoms with E-state index in [1.54, 1.807) is 6.20 Å². The summed E-state index contributed by atoms with van der Waals surface area (Å²) in [5.41, 5.74) is 2.67. The van der Waals surface area contributed by atoms with Gasteiger partial charge in [-0.3, -0.25) is 5.43 Å². The van der Waals surface area contributed by atoms with Crippen LogP contribution < -0.4 is 5.43 Å². The van der Waals surface area contributed by atoms with Crippen molar-refractivity contribution in [2.75, 3.05) is 0 Å². The molecule has 0 aromatic heterocycles. The fourth-order valence-electron chi connectivity index (χ4n) is 0.509. The summed E-state index contributed by atoms with van der Waals surface area (Å²) in [5, 5.41) is 3.91. The Labute approximate surface area is 54.2 Å². The fraction of sp³-hybridized carbons (Fsp3) is 0.500. The summed E-state index contributed by atoms with van der Waals surface area (Å²) in [6.45, 7) is 4.08. The van der Waals surface area contributed by atoms with Crippen LogP contribution in [0.5, 0.6) is 0 Å². The van der Waals surface area contributed by atoms with Gasteiger partial charge in [-0.05, 0) is 0 Å². The molecule has 0 spiro atoms. The molecule has 1 aliphatic heterocycles. The van der Waals surface area contributed by atoms with Crippen LogP contribution in [0, 0.1) is 5.92 Å². The standard InChI is InChI=1S/C6H9N3/c1-5(2)6-7-3-4-8-9-6/h4-5,8H,1-2H3. The van der Waals surface area contributed by atoms with Gasteiger partial charge in [-0.25, -0.2) is 0 Å². The third-order valence-corrected chi connectivity index (χ3v) is 1.00. The maximum absolute atomic E-state index is 3.91. The van der Waals surface area contributed by atoms with Crippen molar-refractivity contribution < 1.29 is 0 Å². The zero-order valence-corrected chi connectivity index (χ0v) is 5.55. The monoisotopic (exact) mass is 123 g/mol. The van der Waals surface area contributed by atoms with Gasteiger partial charge >= 0.3 is 0 Å². The lowest BCUT2D eigenvalue weighted by Gasteiger charge is -2.03. The van der Waals surface area contributed by atoms with Crippen molar-refractivity contribution in [3.63, 3.8) is 0 Å². The Morgan fingerprint density at radius 1 is 1.67 bits per heavy atom. The second-order valence-corrected chi connectivity index (χ2v) is 2.14. The lowest BCUT2D eigenvalue weighted by Crippen LogP contribution is -2.11. The smallest absolute Gasteiger partial charge is 0.160 e. The first kappa shape index (κ1) is 6.05. The number of hydrazone groups is 1. The minimum atomic E-state index is 0.374. The normalized spacial score (nSPS) is 15.7. The summed E-state index contributed by atoms with van der Waals surface area (Å²) in [6.07, 6.45) is 1.58. The van der Waals surface area contributed by atoms with Gasteiger partial charge in [0, 0.05) is 11.8 Å². The molecule has 0 bridgehead atoms. The number of amidine groups is 1. The fourth-order valence-corrected chi connectivity index (χ4v) is 0.509. The minimum absolute atomic E-state index is 0.374. The van der Waals surface area contributed by atoms with Gasteiger partial charge in [0.05, 0.1) is 6.20 Å². The van der Waals surface area contributed by atoms with E-state index in [-0.39, 0.29) is 0 Å². The van der Waals surface area contributed by atoms with Gasteiger partial charge in [-0.2, -0.15) is 10.1 Å². The topological polar surface area (TPSA) is 36.8 Å². The second-order valence-electron chi connectivity index (χ2n) is 2.14. The molecule has 0 fully saturated rings. The van der Waals surface area contributed by atoms with Crippen molar-refractivity contribution in [3.8, 4) is 0 Å². The summed E-state index contributed by atoms with van der Waals surface area (Å²) in [5.74, 6) is 3.85. The van der Waals surface area contributed by atoms with E-state index in [1.807, 2.05) is 13.8 Å². The average molecular weight is 123 g/mol. The van der Waals surface area contributed by atoms with Crippen LogP contribution in [-0.4, -0.2) is 11.7 Å². The quantitative estimate of drug-likeness (QED) is 0.548. The van der Waals surface area contributed by atoms with E-state index in [4.69, 9.17) is 0 Å². The Balaban J connectivity index is 2.72. The van der Waals surface area contributed by atoms with Crippen LogP contribution in [0.1, 0.15) is 13.8 Å². The molecule has 48 valence electrons. The van der Waals surface area contributed by atoms with E-state index in [0.717, 1.165) is 5.84 Å². The molecule has 0 saturated carbocycles. The molecule has 1 N–H and O–H groups in total. The molecular formula is C6H9N3. The molecule has 0 aromatic rings. The third-order valence-electron chi connectivity index (χ3n) is 1.00. The molecule has 3 heteroatoms. The van der Waals surface area contributed by atoms with Crippen LogP contribution in [0.25, 0.3) is 0 Å². The molecule has 3 nitrogen and oxygen atoms in total. The molecule has 0 saturated heterocycles. The van der Waals surface area contributed by atoms with Crippen LogP contribution in [-0.2, 0) is 0 Å². The largest absolute Gasteiger partial charge is 0.275 e. The number of hydrogen-bond donors (Lipinski definition) is 1. The molecule has 1 heterocycles. The predicted octanol–water partition coefficient (Wildman–Crippen LogP) is 0.742. The highest BCUT2D eigenvalue weighted by molar-refractivity contribution is 5.90. The molecular weight excluding hydrogens is 114 g/mol. The molecule has 0 aliphatic carbocycles. The Morgan fingerprint density at radius 3 is 2.78 bits per heavy atom. The van der Waals surface area contributed by atoms with Gasteiger partial charge in [0.1, 0.15) is 0 Å². The first-order chi connectivity index (χ1) is 4.30. The zero-order chi connectivity index (χ0) is 6.69. The molecule has 0 amide bonds. The minimum Gasteiger partial charge on any atom is -0.275 e. The van der Waals surface area contributed by atoms with Crippen molar-refractivity contribution in [1.29, 1.82) is 0 Å². The van der Waals surface area contributed by atoms with Gasteiger partial charge in [0.15, 0.2) is 5.84 Å². The molecule has 0 aromatic carbocycles. The SMILES string of the molecule is CC(C)C1=NNC=C=N1. The van der Waals surface area contributed by atoms with Crippen molar-refractivity contribution in [1.82, 2.24) is 5.43 Å². The average Bonchev–Trinajstić information content (AvgIpc) is 1.90.